The van der Waals surface area contributed by atoms with Crippen LogP contribution in [0.4, 0.5) is 0 Å². The number of nitrogens with zero attached hydrogens (tertiary/aromatic N) is 1. The predicted octanol–water partition coefficient (Wildman–Crippen LogP) is -1.93. The zero-order valence-corrected chi connectivity index (χ0v) is 18.8. The van der Waals surface area contributed by atoms with Gasteiger partial charge in [0.05, 0.1) is 31.1 Å². The van der Waals surface area contributed by atoms with Crippen molar-refractivity contribution in [3.8, 4) is 5.75 Å². The standard InChI is InChI=1S/C22H26N2O4.HI/c1-24(11-12-2-3-12)9-8-21-17-13-4-5-14(20(23)26)18(17)28-19(21)15(25)6-7-22(21,27)16(24)10-13;/h4-5,12,16,19,27H,2-3,6-11H2,1H3,(H-,23,26);1H/t16-,19+,21+,22-,24?;/m1./s1. The lowest BCUT2D eigenvalue weighted by molar-refractivity contribution is -0.950. The van der Waals surface area contributed by atoms with Crippen LogP contribution in [0.2, 0.25) is 0 Å². The second-order valence-electron chi connectivity index (χ2n) is 10.00. The quantitative estimate of drug-likeness (QED) is 0.366. The fourth-order valence-corrected chi connectivity index (χ4v) is 7.15. The van der Waals surface area contributed by atoms with Crippen LogP contribution in [0, 0.1) is 5.92 Å². The van der Waals surface area contributed by atoms with Crippen LogP contribution in [0.1, 0.15) is 53.6 Å². The summed E-state index contributed by atoms with van der Waals surface area (Å²) in [6.07, 6.45) is 4.16. The molecule has 3 fully saturated rings. The second kappa shape index (κ2) is 5.95. The van der Waals surface area contributed by atoms with E-state index < -0.39 is 23.0 Å². The van der Waals surface area contributed by atoms with Gasteiger partial charge in [-0.1, -0.05) is 6.07 Å². The molecule has 6 nitrogen and oxygen atoms in total. The van der Waals surface area contributed by atoms with E-state index in [1.165, 1.54) is 12.8 Å². The highest BCUT2D eigenvalue weighted by atomic mass is 127. The molecular weight excluding hydrogens is 483 g/mol. The first kappa shape index (κ1) is 19.8. The number of likely N-dealkylation sites (N-methyl/N-ethyl adjacent to an activating group) is 1. The number of Topliss-reactive ketones (excluding diaryl/α,β-unsaturated/α-hetero) is 1. The van der Waals surface area contributed by atoms with Crippen molar-refractivity contribution < 1.29 is 47.9 Å². The molecule has 1 saturated heterocycles. The van der Waals surface area contributed by atoms with Crippen LogP contribution in [0.15, 0.2) is 12.1 Å². The molecule has 1 spiro atoms. The van der Waals surface area contributed by atoms with E-state index in [1.54, 1.807) is 6.07 Å². The molecule has 5 aliphatic rings. The number of carbonyl (C=O) groups is 2. The topological polar surface area (TPSA) is 89.6 Å². The Morgan fingerprint density at radius 3 is 2.79 bits per heavy atom. The number of ether oxygens (including phenoxy) is 1. The van der Waals surface area contributed by atoms with Crippen LogP contribution in [-0.2, 0) is 16.6 Å². The van der Waals surface area contributed by atoms with E-state index in [2.05, 4.69) is 7.05 Å². The lowest BCUT2D eigenvalue weighted by Gasteiger charge is -2.64. The molecule has 7 heteroatoms. The molecule has 2 heterocycles. The lowest BCUT2D eigenvalue weighted by Crippen LogP contribution is -3.00. The monoisotopic (exact) mass is 510 g/mol. The largest absolute Gasteiger partial charge is 1.00 e. The Morgan fingerprint density at radius 2 is 2.10 bits per heavy atom. The van der Waals surface area contributed by atoms with E-state index in [0.717, 1.165) is 41.0 Å². The Morgan fingerprint density at radius 1 is 1.34 bits per heavy atom. The number of aliphatic hydroxyl groups is 1. The summed E-state index contributed by atoms with van der Waals surface area (Å²) >= 11 is 0. The van der Waals surface area contributed by atoms with E-state index in [9.17, 15) is 14.7 Å². The molecule has 1 aromatic carbocycles. The van der Waals surface area contributed by atoms with Gasteiger partial charge in [0.25, 0.3) is 5.91 Å². The van der Waals surface area contributed by atoms with Crippen LogP contribution < -0.4 is 34.4 Å². The molecule has 2 aliphatic heterocycles. The molecular formula is C22H27IN2O4. The van der Waals surface area contributed by atoms with E-state index in [0.29, 0.717) is 30.6 Å². The smallest absolute Gasteiger partial charge is 0.252 e. The van der Waals surface area contributed by atoms with Crippen LogP contribution in [0.3, 0.4) is 0 Å². The van der Waals surface area contributed by atoms with Gasteiger partial charge in [-0.3, -0.25) is 9.59 Å². The number of carbonyl (C=O) groups excluding carboxylic acids is 2. The number of likely N-dealkylation sites (tertiary alicyclic amines) is 1. The minimum Gasteiger partial charge on any atom is -1.00 e. The molecule has 5 atom stereocenters. The van der Waals surface area contributed by atoms with E-state index in [-0.39, 0.29) is 35.8 Å². The van der Waals surface area contributed by atoms with Gasteiger partial charge in [0, 0.05) is 30.7 Å². The molecule has 156 valence electrons. The Bertz CT molecular complexity index is 947. The van der Waals surface area contributed by atoms with Crippen molar-refractivity contribution in [2.45, 2.75) is 61.7 Å². The summed E-state index contributed by atoms with van der Waals surface area (Å²) in [5, 5.41) is 12.3. The maximum atomic E-state index is 12.9. The molecule has 1 aromatic rings. The third kappa shape index (κ3) is 2.24. The summed E-state index contributed by atoms with van der Waals surface area (Å²) < 4.78 is 7.06. The number of benzene rings is 1. The van der Waals surface area contributed by atoms with Crippen molar-refractivity contribution >= 4 is 11.7 Å². The molecule has 2 bridgehead atoms. The second-order valence-corrected chi connectivity index (χ2v) is 10.00. The molecule has 6 rings (SSSR count). The van der Waals surface area contributed by atoms with Gasteiger partial charge in [0.1, 0.15) is 17.4 Å². The van der Waals surface area contributed by atoms with E-state index >= 15 is 0 Å². The number of nitrogens with two attached hydrogens (primary N) is 1. The highest BCUT2D eigenvalue weighted by Crippen LogP contribution is 2.65. The van der Waals surface area contributed by atoms with Gasteiger partial charge in [0.15, 0.2) is 11.9 Å². The minimum absolute atomic E-state index is 0. The first-order chi connectivity index (χ1) is 13.3. The Labute approximate surface area is 187 Å². The number of piperidine rings is 1. The summed E-state index contributed by atoms with van der Waals surface area (Å²) in [6, 6.07) is 3.77. The highest BCUT2D eigenvalue weighted by Gasteiger charge is 2.76. The van der Waals surface area contributed by atoms with Crippen molar-refractivity contribution in [2.75, 3.05) is 20.1 Å². The summed E-state index contributed by atoms with van der Waals surface area (Å²) in [4.78, 5) is 25.0. The molecule has 0 radical (unpaired) electrons. The maximum absolute atomic E-state index is 12.9. The molecule has 2 saturated carbocycles. The first-order valence-corrected chi connectivity index (χ1v) is 10.5. The van der Waals surface area contributed by atoms with Crippen molar-refractivity contribution in [2.24, 2.45) is 11.7 Å². The van der Waals surface area contributed by atoms with Crippen LogP contribution >= 0.6 is 0 Å². The molecule has 1 unspecified atom stereocenters. The number of hydrogen-bond donors (Lipinski definition) is 2. The molecule has 0 aromatic heterocycles. The third-order valence-electron chi connectivity index (χ3n) is 8.56. The fourth-order valence-electron chi connectivity index (χ4n) is 7.15. The summed E-state index contributed by atoms with van der Waals surface area (Å²) in [5.41, 5.74) is 6.24. The number of rotatable bonds is 3. The number of hydrogen-bond acceptors (Lipinski definition) is 4. The van der Waals surface area contributed by atoms with E-state index in [1.807, 2.05) is 6.07 Å². The van der Waals surface area contributed by atoms with Gasteiger partial charge in [-0.15, -0.1) is 0 Å². The Balaban J connectivity index is 0.00000181. The summed E-state index contributed by atoms with van der Waals surface area (Å²) in [5.74, 6) is 0.718. The number of primary amides is 1. The number of quaternary nitrogens is 1. The first-order valence-electron chi connectivity index (χ1n) is 10.5. The number of amides is 1. The summed E-state index contributed by atoms with van der Waals surface area (Å²) in [6.45, 7) is 2.03. The zero-order valence-electron chi connectivity index (χ0n) is 16.6. The van der Waals surface area contributed by atoms with E-state index in [4.69, 9.17) is 10.5 Å². The number of halogens is 1. The van der Waals surface area contributed by atoms with Crippen molar-refractivity contribution in [1.82, 2.24) is 0 Å². The van der Waals surface area contributed by atoms with Gasteiger partial charge >= 0.3 is 0 Å². The zero-order chi connectivity index (χ0) is 19.5. The average Bonchev–Trinajstić information content (AvgIpc) is 3.37. The third-order valence-corrected chi connectivity index (χ3v) is 8.56. The van der Waals surface area contributed by atoms with Crippen LogP contribution in [0.25, 0.3) is 0 Å². The van der Waals surface area contributed by atoms with Crippen molar-refractivity contribution in [3.63, 3.8) is 0 Å². The van der Waals surface area contributed by atoms with Gasteiger partial charge < -0.3 is 44.0 Å². The SMILES string of the molecule is C[N+]1(CC2CC2)CC[C@]23c4c5ccc(C(N)=O)c4O[C@H]2C(=O)CC[C@@]3(O)[C@H]1C5.[I-]. The normalized spacial score (nSPS) is 41.2. The van der Waals surface area contributed by atoms with Gasteiger partial charge in [-0.05, 0) is 30.9 Å². The molecule has 29 heavy (non-hydrogen) atoms. The summed E-state index contributed by atoms with van der Waals surface area (Å²) in [7, 11) is 2.29. The van der Waals surface area contributed by atoms with Crippen LogP contribution in [0.5, 0.6) is 5.75 Å². The highest BCUT2D eigenvalue weighted by molar-refractivity contribution is 5.98. The molecule has 1 amide bonds. The van der Waals surface area contributed by atoms with Gasteiger partial charge in [-0.25, -0.2) is 0 Å². The number of ketones is 1. The maximum Gasteiger partial charge on any atom is 0.252 e. The molecule has 3 N–H and O–H groups in total. The Kier molecular flexibility index (Phi) is 4.05. The Hall–Kier alpha value is -1.19. The van der Waals surface area contributed by atoms with Gasteiger partial charge in [0.2, 0.25) is 0 Å². The fraction of sp³-hybridized carbons (Fsp3) is 0.636. The predicted molar refractivity (Wildman–Crippen MR) is 101 cm³/mol. The minimum atomic E-state index is -0.984. The average molecular weight is 510 g/mol. The lowest BCUT2D eigenvalue weighted by atomic mass is 9.48. The van der Waals surface area contributed by atoms with Crippen molar-refractivity contribution in [3.05, 3.63) is 28.8 Å². The van der Waals surface area contributed by atoms with Crippen LogP contribution in [-0.4, -0.2) is 59.2 Å². The molecule has 3 aliphatic carbocycles. The van der Waals surface area contributed by atoms with Crippen molar-refractivity contribution in [1.29, 1.82) is 0 Å². The van der Waals surface area contributed by atoms with Gasteiger partial charge in [-0.2, -0.15) is 0 Å².